The van der Waals surface area contributed by atoms with Gasteiger partial charge in [-0.05, 0) is 30.3 Å². The van der Waals surface area contributed by atoms with Gasteiger partial charge in [-0.15, -0.1) is 0 Å². The Morgan fingerprint density at radius 3 is 2.25 bits per heavy atom. The lowest BCUT2D eigenvalue weighted by Crippen LogP contribution is -2.19. The molecule has 0 aliphatic heterocycles. The first kappa shape index (κ1) is 19.0. The summed E-state index contributed by atoms with van der Waals surface area (Å²) in [5.74, 6) is 1.30. The van der Waals surface area contributed by atoms with Crippen molar-refractivity contribution in [2.75, 3.05) is 21.3 Å². The quantitative estimate of drug-likeness (QED) is 0.505. The van der Waals surface area contributed by atoms with Crippen LogP contribution in [0.5, 0.6) is 17.2 Å². The molecule has 0 bridgehead atoms. The van der Waals surface area contributed by atoms with Crippen LogP contribution in [-0.4, -0.2) is 38.0 Å². The summed E-state index contributed by atoms with van der Waals surface area (Å²) in [7, 11) is 4.64. The summed E-state index contributed by atoms with van der Waals surface area (Å²) in [4.78, 5) is 12.6. The average Bonchev–Trinajstić information content (AvgIpc) is 3.28. The highest BCUT2D eigenvalue weighted by Gasteiger charge is 2.12. The largest absolute Gasteiger partial charge is 0.496 e. The summed E-state index contributed by atoms with van der Waals surface area (Å²) in [5.41, 5.74) is 4.47. The first-order valence-electron chi connectivity index (χ1n) is 8.53. The predicted molar refractivity (Wildman–Crippen MR) is 107 cm³/mol. The van der Waals surface area contributed by atoms with Crippen LogP contribution < -0.4 is 19.6 Å². The zero-order valence-electron chi connectivity index (χ0n) is 15.9. The van der Waals surface area contributed by atoms with Gasteiger partial charge in [0, 0.05) is 24.0 Å². The summed E-state index contributed by atoms with van der Waals surface area (Å²) in [6, 6.07) is 14.5. The molecule has 1 heterocycles. The van der Waals surface area contributed by atoms with Crippen molar-refractivity contribution in [3.8, 4) is 22.9 Å². The number of hydrogen-bond acceptors (Lipinski definition) is 5. The third-order valence-corrected chi connectivity index (χ3v) is 4.14. The van der Waals surface area contributed by atoms with Crippen molar-refractivity contribution in [3.05, 3.63) is 72.1 Å². The molecule has 0 aliphatic rings. The third kappa shape index (κ3) is 3.98. The lowest BCUT2D eigenvalue weighted by molar-refractivity contribution is 0.0955. The number of ether oxygens (including phenoxy) is 3. The number of hydrogen-bond donors (Lipinski definition) is 1. The molecular weight excluding hydrogens is 358 g/mol. The lowest BCUT2D eigenvalue weighted by Gasteiger charge is -2.12. The van der Waals surface area contributed by atoms with Gasteiger partial charge in [0.25, 0.3) is 5.91 Å². The number of benzene rings is 2. The van der Waals surface area contributed by atoms with E-state index < -0.39 is 0 Å². The number of hydrazone groups is 1. The molecule has 7 heteroatoms. The average molecular weight is 379 g/mol. The maximum absolute atomic E-state index is 12.6. The number of para-hydroxylation sites is 1. The molecule has 0 fully saturated rings. The van der Waals surface area contributed by atoms with Crippen LogP contribution in [0, 0.1) is 0 Å². The van der Waals surface area contributed by atoms with Gasteiger partial charge in [-0.25, -0.2) is 5.43 Å². The van der Waals surface area contributed by atoms with Crippen LogP contribution in [0.4, 0.5) is 0 Å². The molecule has 1 N–H and O–H groups in total. The van der Waals surface area contributed by atoms with E-state index in [9.17, 15) is 4.79 Å². The minimum atomic E-state index is -0.319. The maximum atomic E-state index is 12.6. The van der Waals surface area contributed by atoms with Crippen molar-refractivity contribution in [2.24, 2.45) is 5.10 Å². The van der Waals surface area contributed by atoms with E-state index >= 15 is 0 Å². The van der Waals surface area contributed by atoms with Gasteiger partial charge in [0.15, 0.2) is 11.5 Å². The molecule has 0 radical (unpaired) electrons. The van der Waals surface area contributed by atoms with Gasteiger partial charge in [0.2, 0.25) is 0 Å². The Morgan fingerprint density at radius 2 is 1.57 bits per heavy atom. The normalized spacial score (nSPS) is 10.7. The minimum Gasteiger partial charge on any atom is -0.496 e. The summed E-state index contributed by atoms with van der Waals surface area (Å²) in [6.07, 6.45) is 5.25. The molecule has 3 aromatic rings. The van der Waals surface area contributed by atoms with Crippen molar-refractivity contribution in [3.63, 3.8) is 0 Å². The second-order valence-corrected chi connectivity index (χ2v) is 5.76. The van der Waals surface area contributed by atoms with Crippen molar-refractivity contribution in [1.29, 1.82) is 0 Å². The van der Waals surface area contributed by atoms with E-state index in [1.54, 1.807) is 39.5 Å². The molecule has 0 saturated heterocycles. The van der Waals surface area contributed by atoms with Crippen LogP contribution in [0.15, 0.2) is 66.0 Å². The molecule has 0 aliphatic carbocycles. The maximum Gasteiger partial charge on any atom is 0.273 e. The Bertz CT molecular complexity index is 981. The van der Waals surface area contributed by atoms with Crippen LogP contribution in [0.1, 0.15) is 15.9 Å². The number of methoxy groups -OCH3 is 3. The number of aromatic nitrogens is 1. The Labute approximate surface area is 163 Å². The fourth-order valence-corrected chi connectivity index (χ4v) is 2.76. The SMILES string of the molecule is COc1cc(OC)c(OC)cc1/C=N\NC(=O)c1ccccc1-n1cccc1. The van der Waals surface area contributed by atoms with E-state index in [1.807, 2.05) is 47.3 Å². The van der Waals surface area contributed by atoms with Gasteiger partial charge in [0.05, 0.1) is 38.8 Å². The van der Waals surface area contributed by atoms with Gasteiger partial charge in [0.1, 0.15) is 5.75 Å². The monoisotopic (exact) mass is 379 g/mol. The van der Waals surface area contributed by atoms with E-state index in [-0.39, 0.29) is 5.91 Å². The lowest BCUT2D eigenvalue weighted by atomic mass is 10.1. The van der Waals surface area contributed by atoms with E-state index in [4.69, 9.17) is 14.2 Å². The predicted octanol–water partition coefficient (Wildman–Crippen LogP) is 3.27. The molecule has 1 amide bonds. The van der Waals surface area contributed by atoms with Crippen LogP contribution >= 0.6 is 0 Å². The van der Waals surface area contributed by atoms with E-state index in [0.29, 0.717) is 28.4 Å². The zero-order valence-corrected chi connectivity index (χ0v) is 15.9. The van der Waals surface area contributed by atoms with Gasteiger partial charge >= 0.3 is 0 Å². The Balaban J connectivity index is 1.82. The van der Waals surface area contributed by atoms with Crippen LogP contribution in [0.25, 0.3) is 5.69 Å². The molecule has 0 saturated carbocycles. The van der Waals surface area contributed by atoms with Crippen LogP contribution in [0.2, 0.25) is 0 Å². The fourth-order valence-electron chi connectivity index (χ4n) is 2.76. The number of nitrogens with one attached hydrogen (secondary N) is 1. The van der Waals surface area contributed by atoms with Gasteiger partial charge in [-0.2, -0.15) is 5.10 Å². The standard InChI is InChI=1S/C21H21N3O4/c1-26-18-13-20(28-3)19(27-2)12-15(18)14-22-23-21(25)16-8-4-5-9-17(16)24-10-6-7-11-24/h4-14H,1-3H3,(H,23,25)/b22-14-. The Morgan fingerprint density at radius 1 is 0.929 bits per heavy atom. The number of carbonyl (C=O) groups is 1. The van der Waals surface area contributed by atoms with Crippen molar-refractivity contribution in [1.82, 2.24) is 9.99 Å². The van der Waals surface area contributed by atoms with Gasteiger partial charge < -0.3 is 18.8 Å². The first-order valence-corrected chi connectivity index (χ1v) is 8.53. The third-order valence-electron chi connectivity index (χ3n) is 4.14. The molecule has 3 rings (SSSR count). The zero-order chi connectivity index (χ0) is 19.9. The van der Waals surface area contributed by atoms with E-state index in [0.717, 1.165) is 5.69 Å². The molecular formula is C21H21N3O4. The first-order chi connectivity index (χ1) is 13.7. The molecule has 2 aromatic carbocycles. The summed E-state index contributed by atoms with van der Waals surface area (Å²) in [6.45, 7) is 0. The van der Waals surface area contributed by atoms with E-state index in [2.05, 4.69) is 10.5 Å². The number of nitrogens with zero attached hydrogens (tertiary/aromatic N) is 2. The molecule has 144 valence electrons. The van der Waals surface area contributed by atoms with Crippen LogP contribution in [-0.2, 0) is 0 Å². The number of carbonyl (C=O) groups excluding carboxylic acids is 1. The second-order valence-electron chi connectivity index (χ2n) is 5.76. The van der Waals surface area contributed by atoms with Crippen molar-refractivity contribution < 1.29 is 19.0 Å². The Kier molecular flexibility index (Phi) is 5.96. The molecule has 1 aromatic heterocycles. The molecule has 7 nitrogen and oxygen atoms in total. The van der Waals surface area contributed by atoms with Crippen LogP contribution in [0.3, 0.4) is 0 Å². The molecule has 0 spiro atoms. The highest BCUT2D eigenvalue weighted by molar-refractivity contribution is 5.98. The highest BCUT2D eigenvalue weighted by atomic mass is 16.5. The van der Waals surface area contributed by atoms with Gasteiger partial charge in [-0.1, -0.05) is 12.1 Å². The number of amides is 1. The van der Waals surface area contributed by atoms with Gasteiger partial charge in [-0.3, -0.25) is 4.79 Å². The minimum absolute atomic E-state index is 0.319. The van der Waals surface area contributed by atoms with Crippen molar-refractivity contribution >= 4 is 12.1 Å². The topological polar surface area (TPSA) is 74.1 Å². The molecule has 0 unspecified atom stereocenters. The fraction of sp³-hybridized carbons (Fsp3) is 0.143. The Hall–Kier alpha value is -3.74. The summed E-state index contributed by atoms with van der Waals surface area (Å²) >= 11 is 0. The highest BCUT2D eigenvalue weighted by Crippen LogP contribution is 2.33. The van der Waals surface area contributed by atoms with E-state index in [1.165, 1.54) is 6.21 Å². The second kappa shape index (κ2) is 8.77. The summed E-state index contributed by atoms with van der Waals surface area (Å²) in [5, 5.41) is 4.07. The smallest absolute Gasteiger partial charge is 0.273 e. The molecule has 28 heavy (non-hydrogen) atoms. The number of rotatable bonds is 7. The van der Waals surface area contributed by atoms with Crippen molar-refractivity contribution in [2.45, 2.75) is 0 Å². The molecule has 0 atom stereocenters. The summed E-state index contributed by atoms with van der Waals surface area (Å²) < 4.78 is 17.8.